The molecular formula is C13H25N3O. The molecule has 1 unspecified atom stereocenters. The molecule has 1 aliphatic carbocycles. The van der Waals surface area contributed by atoms with E-state index in [1.807, 2.05) is 0 Å². The van der Waals surface area contributed by atoms with E-state index in [4.69, 9.17) is 15.6 Å². The van der Waals surface area contributed by atoms with Crippen LogP contribution in [0, 0.1) is 5.92 Å². The molecule has 0 aromatic rings. The second kappa shape index (κ2) is 6.97. The molecule has 1 saturated carbocycles. The summed E-state index contributed by atoms with van der Waals surface area (Å²) in [5.74, 6) is 6.98. The molecule has 0 radical (unpaired) electrons. The highest BCUT2D eigenvalue weighted by Crippen LogP contribution is 2.21. The molecule has 2 fully saturated rings. The summed E-state index contributed by atoms with van der Waals surface area (Å²) in [6.45, 7) is 1.66. The molecule has 0 aromatic heterocycles. The maximum absolute atomic E-state index is 5.62. The normalized spacial score (nSPS) is 28.8. The van der Waals surface area contributed by atoms with Crippen molar-refractivity contribution in [2.45, 2.75) is 57.4 Å². The van der Waals surface area contributed by atoms with Gasteiger partial charge >= 0.3 is 0 Å². The molecule has 4 heteroatoms. The highest BCUT2D eigenvalue weighted by molar-refractivity contribution is 5.84. The van der Waals surface area contributed by atoms with Gasteiger partial charge in [0.05, 0.1) is 12.6 Å². The average molecular weight is 239 g/mol. The Morgan fingerprint density at radius 1 is 1.06 bits per heavy atom. The zero-order chi connectivity index (χ0) is 11.9. The van der Waals surface area contributed by atoms with Crippen molar-refractivity contribution in [1.82, 2.24) is 5.43 Å². The Balaban J connectivity index is 1.94. The van der Waals surface area contributed by atoms with Gasteiger partial charge in [0.25, 0.3) is 0 Å². The second-order valence-electron chi connectivity index (χ2n) is 5.22. The minimum absolute atomic E-state index is 0.386. The number of aliphatic imine (C=N–C) groups is 1. The van der Waals surface area contributed by atoms with Crippen LogP contribution in [-0.4, -0.2) is 25.1 Å². The molecule has 0 spiro atoms. The van der Waals surface area contributed by atoms with Gasteiger partial charge in [0.2, 0.25) is 0 Å². The molecular weight excluding hydrogens is 214 g/mol. The largest absolute Gasteiger partial charge is 0.381 e. The van der Waals surface area contributed by atoms with Gasteiger partial charge in [0.15, 0.2) is 0 Å². The molecule has 2 aliphatic rings. The summed E-state index contributed by atoms with van der Waals surface area (Å²) in [4.78, 5) is 4.84. The molecule has 2 rings (SSSR count). The van der Waals surface area contributed by atoms with E-state index in [1.165, 1.54) is 38.5 Å². The zero-order valence-electron chi connectivity index (χ0n) is 10.7. The molecule has 1 aliphatic heterocycles. The van der Waals surface area contributed by atoms with Crippen molar-refractivity contribution in [3.05, 3.63) is 0 Å². The van der Waals surface area contributed by atoms with Crippen molar-refractivity contribution in [2.75, 3.05) is 13.2 Å². The van der Waals surface area contributed by atoms with Gasteiger partial charge < -0.3 is 10.2 Å². The molecule has 3 N–H and O–H groups in total. The van der Waals surface area contributed by atoms with E-state index in [-0.39, 0.29) is 0 Å². The van der Waals surface area contributed by atoms with Crippen LogP contribution in [-0.2, 0) is 4.74 Å². The quantitative estimate of drug-likeness (QED) is 0.255. The first-order chi connectivity index (χ1) is 8.40. The Bertz CT molecular complexity index is 241. The summed E-state index contributed by atoms with van der Waals surface area (Å²) in [7, 11) is 0. The van der Waals surface area contributed by atoms with Gasteiger partial charge in [-0.05, 0) is 25.7 Å². The molecule has 0 bridgehead atoms. The summed E-state index contributed by atoms with van der Waals surface area (Å²) < 4.78 is 5.50. The summed E-state index contributed by atoms with van der Waals surface area (Å²) in [5, 5.41) is 0. The lowest BCUT2D eigenvalue weighted by Gasteiger charge is -2.24. The van der Waals surface area contributed by atoms with Crippen molar-refractivity contribution < 1.29 is 4.74 Å². The van der Waals surface area contributed by atoms with Gasteiger partial charge in [0.1, 0.15) is 5.84 Å². The van der Waals surface area contributed by atoms with Gasteiger partial charge in [-0.1, -0.05) is 25.7 Å². The molecule has 1 atom stereocenters. The third kappa shape index (κ3) is 3.96. The van der Waals surface area contributed by atoms with Crippen molar-refractivity contribution in [2.24, 2.45) is 16.8 Å². The fourth-order valence-corrected chi connectivity index (χ4v) is 2.80. The maximum Gasteiger partial charge on any atom is 0.116 e. The lowest BCUT2D eigenvalue weighted by atomic mass is 10.0. The third-order valence-corrected chi connectivity index (χ3v) is 3.84. The Morgan fingerprint density at radius 2 is 1.82 bits per heavy atom. The molecule has 98 valence electrons. The van der Waals surface area contributed by atoms with Gasteiger partial charge in [-0.3, -0.25) is 4.99 Å². The van der Waals surface area contributed by atoms with Crippen LogP contribution in [0.25, 0.3) is 0 Å². The van der Waals surface area contributed by atoms with Crippen molar-refractivity contribution in [3.63, 3.8) is 0 Å². The minimum Gasteiger partial charge on any atom is -0.381 e. The van der Waals surface area contributed by atoms with Crippen LogP contribution in [0.4, 0.5) is 0 Å². The number of hydrazine groups is 1. The highest BCUT2D eigenvalue weighted by Gasteiger charge is 2.21. The van der Waals surface area contributed by atoms with Crippen LogP contribution >= 0.6 is 0 Å². The fraction of sp³-hybridized carbons (Fsp3) is 0.923. The van der Waals surface area contributed by atoms with Gasteiger partial charge in [-0.2, -0.15) is 0 Å². The van der Waals surface area contributed by atoms with Crippen LogP contribution in [0.2, 0.25) is 0 Å². The van der Waals surface area contributed by atoms with Crippen molar-refractivity contribution >= 4 is 5.84 Å². The number of nitrogens with two attached hydrogens (primary N) is 1. The Labute approximate surface area is 104 Å². The number of nitrogens with one attached hydrogen (secondary N) is 1. The van der Waals surface area contributed by atoms with Crippen LogP contribution in [0.5, 0.6) is 0 Å². The second-order valence-corrected chi connectivity index (χ2v) is 5.22. The molecule has 1 saturated heterocycles. The Kier molecular flexibility index (Phi) is 5.26. The monoisotopic (exact) mass is 239 g/mol. The lowest BCUT2D eigenvalue weighted by Crippen LogP contribution is -2.40. The molecule has 1 heterocycles. The smallest absolute Gasteiger partial charge is 0.116 e. The maximum atomic E-state index is 5.62. The number of amidine groups is 1. The topological polar surface area (TPSA) is 59.6 Å². The van der Waals surface area contributed by atoms with Crippen LogP contribution in [0.3, 0.4) is 0 Å². The number of ether oxygens (including phenoxy) is 1. The number of nitrogens with zero attached hydrogens (tertiary/aromatic N) is 1. The number of hydrogen-bond acceptors (Lipinski definition) is 3. The van der Waals surface area contributed by atoms with Crippen LogP contribution < -0.4 is 11.3 Å². The van der Waals surface area contributed by atoms with E-state index >= 15 is 0 Å². The SMILES string of the molecule is NNC(=NC1CCCCCC1)C1CCCOC1. The third-order valence-electron chi connectivity index (χ3n) is 3.84. The zero-order valence-corrected chi connectivity index (χ0v) is 10.7. The molecule has 17 heavy (non-hydrogen) atoms. The van der Waals surface area contributed by atoms with Gasteiger partial charge in [-0.15, -0.1) is 0 Å². The highest BCUT2D eigenvalue weighted by atomic mass is 16.5. The minimum atomic E-state index is 0.386. The summed E-state index contributed by atoms with van der Waals surface area (Å²) >= 11 is 0. The van der Waals surface area contributed by atoms with Gasteiger partial charge in [0, 0.05) is 12.5 Å². The molecule has 0 amide bonds. The lowest BCUT2D eigenvalue weighted by molar-refractivity contribution is 0.0757. The number of rotatable bonds is 2. The van der Waals surface area contributed by atoms with E-state index < -0.39 is 0 Å². The van der Waals surface area contributed by atoms with Crippen LogP contribution in [0.15, 0.2) is 4.99 Å². The average Bonchev–Trinajstić information content (AvgIpc) is 2.65. The van der Waals surface area contributed by atoms with E-state index in [0.717, 1.165) is 31.9 Å². The first kappa shape index (κ1) is 12.8. The molecule has 0 aromatic carbocycles. The Hall–Kier alpha value is -0.610. The van der Waals surface area contributed by atoms with E-state index in [1.54, 1.807) is 0 Å². The first-order valence-corrected chi connectivity index (χ1v) is 7.02. The van der Waals surface area contributed by atoms with Crippen LogP contribution in [0.1, 0.15) is 51.4 Å². The predicted octanol–water partition coefficient (Wildman–Crippen LogP) is 2.00. The first-order valence-electron chi connectivity index (χ1n) is 7.02. The van der Waals surface area contributed by atoms with Crippen molar-refractivity contribution in [1.29, 1.82) is 0 Å². The molecule has 4 nitrogen and oxygen atoms in total. The summed E-state index contributed by atoms with van der Waals surface area (Å²) in [5.41, 5.74) is 2.81. The standard InChI is InChI=1S/C13H25N3O/c14-16-13(11-6-5-9-17-10-11)15-12-7-3-1-2-4-8-12/h11-12H,1-10,14H2,(H,15,16). The van der Waals surface area contributed by atoms with E-state index in [9.17, 15) is 0 Å². The fourth-order valence-electron chi connectivity index (χ4n) is 2.80. The predicted molar refractivity (Wildman–Crippen MR) is 69.8 cm³/mol. The Morgan fingerprint density at radius 3 is 2.41 bits per heavy atom. The van der Waals surface area contributed by atoms with Crippen molar-refractivity contribution in [3.8, 4) is 0 Å². The summed E-state index contributed by atoms with van der Waals surface area (Å²) in [6.07, 6.45) is 10.1. The van der Waals surface area contributed by atoms with E-state index in [0.29, 0.717) is 12.0 Å². The summed E-state index contributed by atoms with van der Waals surface area (Å²) in [6, 6.07) is 0.477. The number of hydrogen-bond donors (Lipinski definition) is 2. The van der Waals surface area contributed by atoms with E-state index in [2.05, 4.69) is 5.43 Å². The van der Waals surface area contributed by atoms with Gasteiger partial charge in [-0.25, -0.2) is 5.84 Å².